The minimum absolute atomic E-state index is 0.00244. The van der Waals surface area contributed by atoms with Crippen LogP contribution in [0.3, 0.4) is 0 Å². The van der Waals surface area contributed by atoms with Crippen LogP contribution in [0, 0.1) is 33.9 Å². The fourth-order valence-corrected chi connectivity index (χ4v) is 4.34. The molecule has 2 aromatic rings. The van der Waals surface area contributed by atoms with Gasteiger partial charge in [-0.25, -0.2) is 0 Å². The predicted molar refractivity (Wildman–Crippen MR) is 193 cm³/mol. The number of anilines is 1. The molecule has 2 atom stereocenters. The Balaban J connectivity index is 0.00000220. The quantitative estimate of drug-likeness (QED) is 0.158. The molecule has 7 nitrogen and oxygen atoms in total. The Kier molecular flexibility index (Phi) is 21.1. The second-order valence-electron chi connectivity index (χ2n) is 10.4. The van der Waals surface area contributed by atoms with Crippen molar-refractivity contribution in [2.75, 3.05) is 5.32 Å². The first-order chi connectivity index (χ1) is 21.6. The number of unbranched alkanes of at least 4 members (excludes halogenated alkanes) is 1. The van der Waals surface area contributed by atoms with E-state index in [1.165, 1.54) is 37.0 Å². The van der Waals surface area contributed by atoms with E-state index in [-0.39, 0.29) is 18.0 Å². The van der Waals surface area contributed by atoms with Crippen molar-refractivity contribution in [2.45, 2.75) is 108 Å². The Morgan fingerprint density at radius 1 is 0.956 bits per heavy atom. The van der Waals surface area contributed by atoms with Crippen molar-refractivity contribution >= 4 is 28.8 Å². The van der Waals surface area contributed by atoms with Crippen LogP contribution in [0.5, 0.6) is 0 Å². The smallest absolute Gasteiger partial charge is 0.269 e. The maximum Gasteiger partial charge on any atom is 0.269 e. The minimum atomic E-state index is -0.459. The molecule has 0 aromatic heterocycles. The number of nitro groups is 1. The average molecular weight is 617 g/mol. The molecule has 0 aliphatic carbocycles. The zero-order chi connectivity index (χ0) is 34.4. The van der Waals surface area contributed by atoms with Crippen molar-refractivity contribution in [3.05, 3.63) is 87.0 Å². The van der Waals surface area contributed by atoms with Gasteiger partial charge in [0.1, 0.15) is 5.84 Å². The van der Waals surface area contributed by atoms with Crippen LogP contribution in [-0.4, -0.2) is 16.7 Å². The number of rotatable bonds is 10. The molecule has 246 valence electrons. The van der Waals surface area contributed by atoms with Gasteiger partial charge in [-0.1, -0.05) is 124 Å². The van der Waals surface area contributed by atoms with Crippen molar-refractivity contribution in [3.8, 4) is 12.0 Å². The first-order valence-corrected chi connectivity index (χ1v) is 16.5. The third-order valence-electron chi connectivity index (χ3n) is 7.27. The number of allylic oxidation sites excluding steroid dienone is 1. The van der Waals surface area contributed by atoms with Gasteiger partial charge in [0.25, 0.3) is 5.69 Å². The fraction of sp³-hybridized carbons (Fsp3) is 0.474. The van der Waals surface area contributed by atoms with Gasteiger partial charge in [-0.2, -0.15) is 4.99 Å². The Morgan fingerprint density at radius 2 is 1.53 bits per heavy atom. The summed E-state index contributed by atoms with van der Waals surface area (Å²) < 4.78 is 0. The number of benzene rings is 2. The van der Waals surface area contributed by atoms with Gasteiger partial charge in [0.05, 0.1) is 11.3 Å². The van der Waals surface area contributed by atoms with Crippen LogP contribution in [0.25, 0.3) is 5.70 Å². The number of hydrogen-bond donors (Lipinski definition) is 2. The summed E-state index contributed by atoms with van der Waals surface area (Å²) in [6.45, 7) is 23.1. The van der Waals surface area contributed by atoms with Gasteiger partial charge in [0, 0.05) is 35.1 Å². The third kappa shape index (κ3) is 14.0. The number of hydrogen-bond acceptors (Lipinski definition) is 4. The zero-order valence-corrected chi connectivity index (χ0v) is 29.5. The van der Waals surface area contributed by atoms with E-state index in [1.54, 1.807) is 19.1 Å². The lowest BCUT2D eigenvalue weighted by Gasteiger charge is -2.21. The molecule has 2 N–H and O–H groups in total. The Bertz CT molecular complexity index is 1330. The van der Waals surface area contributed by atoms with E-state index in [9.17, 15) is 14.9 Å². The summed E-state index contributed by atoms with van der Waals surface area (Å²) in [5.74, 6) is 4.40. The first kappa shape index (κ1) is 40.8. The normalized spacial score (nSPS) is 14.6. The molecule has 1 amide bonds. The van der Waals surface area contributed by atoms with Crippen LogP contribution in [0.1, 0.15) is 113 Å². The van der Waals surface area contributed by atoms with Gasteiger partial charge >= 0.3 is 0 Å². The Labute approximate surface area is 272 Å². The molecule has 0 bridgehead atoms. The molecule has 45 heavy (non-hydrogen) atoms. The first-order valence-electron chi connectivity index (χ1n) is 16.5. The number of carbonyl (C=O) groups excluding carboxylic acids is 1. The van der Waals surface area contributed by atoms with E-state index < -0.39 is 4.92 Å². The van der Waals surface area contributed by atoms with Crippen LogP contribution in [0.4, 0.5) is 11.4 Å². The highest BCUT2D eigenvalue weighted by Gasteiger charge is 2.24. The number of nitro benzene ring substituents is 1. The number of aliphatic imine (C=N–C) groups is 1. The van der Waals surface area contributed by atoms with Gasteiger partial charge in [-0.3, -0.25) is 14.9 Å². The number of amides is 1. The fourth-order valence-electron chi connectivity index (χ4n) is 4.34. The number of nitrogens with zero attached hydrogens (tertiary/aromatic N) is 2. The van der Waals surface area contributed by atoms with Crippen LogP contribution >= 0.6 is 0 Å². The van der Waals surface area contributed by atoms with Crippen molar-refractivity contribution in [1.82, 2.24) is 5.32 Å². The number of non-ortho nitro benzene ring substituents is 1. The maximum atomic E-state index is 12.5. The van der Waals surface area contributed by atoms with E-state index in [4.69, 9.17) is 0 Å². The largest absolute Gasteiger partial charge is 0.339 e. The Hall–Kier alpha value is -4.18. The summed E-state index contributed by atoms with van der Waals surface area (Å²) in [4.78, 5) is 27.3. The SMILES string of the molecule is CC.CC.CC#CN=C1NC(c2ccc(NC(=O)Cc3ccc([N+](=O)[O-])cc3)cc2)=C/C1=C(/C)C(C)C(C)CCC.CCCC. The summed E-state index contributed by atoms with van der Waals surface area (Å²) in [6, 6.07) is 16.4. The summed E-state index contributed by atoms with van der Waals surface area (Å²) in [7, 11) is 0. The predicted octanol–water partition coefficient (Wildman–Crippen LogP) is 10.3. The lowest BCUT2D eigenvalue weighted by Crippen LogP contribution is -2.19. The van der Waals surface area contributed by atoms with Crippen LogP contribution in [0.2, 0.25) is 0 Å². The van der Waals surface area contributed by atoms with Gasteiger partial charge in [0.15, 0.2) is 0 Å². The summed E-state index contributed by atoms with van der Waals surface area (Å²) in [6.07, 6.45) is 7.23. The molecule has 3 rings (SSSR count). The minimum Gasteiger partial charge on any atom is -0.339 e. The lowest BCUT2D eigenvalue weighted by molar-refractivity contribution is -0.384. The molecule has 0 saturated carbocycles. The second kappa shape index (κ2) is 23.2. The molecule has 1 aliphatic heterocycles. The molecule has 2 aromatic carbocycles. The molecule has 1 heterocycles. The maximum absolute atomic E-state index is 12.5. The monoisotopic (exact) mass is 616 g/mol. The molecule has 2 unspecified atom stereocenters. The van der Waals surface area contributed by atoms with Crippen molar-refractivity contribution in [1.29, 1.82) is 0 Å². The number of amidine groups is 1. The molecule has 0 saturated heterocycles. The lowest BCUT2D eigenvalue weighted by atomic mass is 9.84. The topological polar surface area (TPSA) is 96.6 Å². The van der Waals surface area contributed by atoms with Gasteiger partial charge in [-0.05, 0) is 55.0 Å². The summed E-state index contributed by atoms with van der Waals surface area (Å²) in [5.41, 5.74) is 5.66. The number of nitrogens with one attached hydrogen (secondary N) is 2. The molecule has 0 fully saturated rings. The van der Waals surface area contributed by atoms with E-state index in [0.717, 1.165) is 29.1 Å². The molecule has 1 aliphatic rings. The number of carbonyl (C=O) groups is 1. The van der Waals surface area contributed by atoms with Gasteiger partial charge in [-0.15, -0.1) is 0 Å². The summed E-state index contributed by atoms with van der Waals surface area (Å²) in [5, 5.41) is 17.1. The summed E-state index contributed by atoms with van der Waals surface area (Å²) >= 11 is 0. The van der Waals surface area contributed by atoms with Crippen molar-refractivity contribution < 1.29 is 9.72 Å². The Morgan fingerprint density at radius 3 is 2.02 bits per heavy atom. The third-order valence-corrected chi connectivity index (χ3v) is 7.27. The van der Waals surface area contributed by atoms with Crippen molar-refractivity contribution in [3.63, 3.8) is 0 Å². The van der Waals surface area contributed by atoms with E-state index in [1.807, 2.05) is 52.0 Å². The average Bonchev–Trinajstić information content (AvgIpc) is 3.49. The second-order valence-corrected chi connectivity index (χ2v) is 10.4. The highest BCUT2D eigenvalue weighted by molar-refractivity contribution is 6.12. The van der Waals surface area contributed by atoms with Crippen LogP contribution in [0.15, 0.2) is 70.7 Å². The van der Waals surface area contributed by atoms with Crippen LogP contribution < -0.4 is 10.6 Å². The van der Waals surface area contributed by atoms with Gasteiger partial charge < -0.3 is 10.6 Å². The molecule has 0 spiro atoms. The van der Waals surface area contributed by atoms with E-state index in [0.29, 0.717) is 23.1 Å². The van der Waals surface area contributed by atoms with Gasteiger partial charge in [0.2, 0.25) is 5.91 Å². The van der Waals surface area contributed by atoms with Crippen LogP contribution in [-0.2, 0) is 11.2 Å². The molecular formula is C38H56N4O3. The zero-order valence-electron chi connectivity index (χ0n) is 29.5. The van der Waals surface area contributed by atoms with Crippen molar-refractivity contribution in [2.24, 2.45) is 16.8 Å². The van der Waals surface area contributed by atoms with E-state index in [2.05, 4.69) is 75.2 Å². The highest BCUT2D eigenvalue weighted by Crippen LogP contribution is 2.31. The highest BCUT2D eigenvalue weighted by atomic mass is 16.6. The standard InChI is InChI=1S/C30H34N4O3.C4H10.2C2H6/c1-6-8-20(3)21(4)22(5)27-19-28(33-30(27)31-17-7-2)24-11-13-25(14-12-24)32-29(35)18-23-9-15-26(16-10-23)34(36)37;1-3-4-2;2*1-2/h9-16,19-21H,6,8,18H2,1-5H3,(H,31,33)(H,32,35);3-4H2,1-2H3;2*1-2H3/b27-22+;;;. The molecule has 0 radical (unpaired) electrons. The van der Waals surface area contributed by atoms with E-state index >= 15 is 0 Å². The molecular weight excluding hydrogens is 560 g/mol. The molecule has 7 heteroatoms.